The highest BCUT2D eigenvalue weighted by Crippen LogP contribution is 2.43. The van der Waals surface area contributed by atoms with Crippen molar-refractivity contribution in [1.29, 1.82) is 0 Å². The van der Waals surface area contributed by atoms with Crippen molar-refractivity contribution in [2.75, 3.05) is 4.90 Å². The summed E-state index contributed by atoms with van der Waals surface area (Å²) in [4.78, 5) is 28.4. The fraction of sp³-hybridized carbons (Fsp3) is 0.0769. The van der Waals surface area contributed by atoms with Crippen molar-refractivity contribution in [3.63, 3.8) is 0 Å². The highest BCUT2D eigenvalue weighted by atomic mass is 79.9. The second kappa shape index (κ2) is 8.21. The number of fused-ring (bicyclic) bond motifs is 1. The standard InChI is InChI=1S/C26H17BrClNO4/c1-14-7-9-18(28)13-19(14)29-23(15-5-3-2-4-6-15)22(25(31)26(29)32)24(30)21-12-16-11-17(27)8-10-20(16)33-21/h2-13,23,31H,1H3. The molecule has 1 atom stereocenters. The molecule has 33 heavy (non-hydrogen) atoms. The highest BCUT2D eigenvalue weighted by molar-refractivity contribution is 9.10. The van der Waals surface area contributed by atoms with Gasteiger partial charge in [-0.3, -0.25) is 14.5 Å². The van der Waals surface area contributed by atoms with Crippen LogP contribution in [0, 0.1) is 6.92 Å². The SMILES string of the molecule is Cc1ccc(Cl)cc1N1C(=O)C(O)=C(C(=O)c2cc3cc(Br)ccc3o2)C1c1ccccc1. The molecule has 0 saturated heterocycles. The number of amides is 1. The van der Waals surface area contributed by atoms with Crippen LogP contribution in [0.15, 0.2) is 93.0 Å². The lowest BCUT2D eigenvalue weighted by Crippen LogP contribution is -2.31. The zero-order chi connectivity index (χ0) is 23.3. The number of nitrogens with zero attached hydrogens (tertiary/aromatic N) is 1. The monoisotopic (exact) mass is 521 g/mol. The zero-order valence-corrected chi connectivity index (χ0v) is 19.7. The topological polar surface area (TPSA) is 70.8 Å². The molecule has 4 aromatic rings. The molecule has 1 N–H and O–H groups in total. The summed E-state index contributed by atoms with van der Waals surface area (Å²) in [5.74, 6) is -1.78. The van der Waals surface area contributed by atoms with E-state index in [1.165, 1.54) is 4.90 Å². The Morgan fingerprint density at radius 3 is 2.58 bits per heavy atom. The first-order chi connectivity index (χ1) is 15.8. The molecular weight excluding hydrogens is 506 g/mol. The summed E-state index contributed by atoms with van der Waals surface area (Å²) in [6.07, 6.45) is 0. The average Bonchev–Trinajstić information content (AvgIpc) is 3.34. The van der Waals surface area contributed by atoms with Crippen molar-refractivity contribution in [2.45, 2.75) is 13.0 Å². The van der Waals surface area contributed by atoms with Gasteiger partial charge in [0.15, 0.2) is 11.5 Å². The largest absolute Gasteiger partial charge is 0.503 e. The second-order valence-electron chi connectivity index (χ2n) is 7.80. The number of aliphatic hydroxyl groups excluding tert-OH is 1. The number of carbonyl (C=O) groups excluding carboxylic acids is 2. The van der Waals surface area contributed by atoms with E-state index in [9.17, 15) is 14.7 Å². The van der Waals surface area contributed by atoms with Crippen LogP contribution in [0.1, 0.15) is 27.7 Å². The maximum Gasteiger partial charge on any atom is 0.294 e. The van der Waals surface area contributed by atoms with Crippen molar-refractivity contribution >= 4 is 55.9 Å². The molecule has 3 aromatic carbocycles. The van der Waals surface area contributed by atoms with Crippen molar-refractivity contribution < 1.29 is 19.1 Å². The smallest absolute Gasteiger partial charge is 0.294 e. The quantitative estimate of drug-likeness (QED) is 0.295. The van der Waals surface area contributed by atoms with E-state index in [0.29, 0.717) is 21.9 Å². The van der Waals surface area contributed by atoms with Gasteiger partial charge in [-0.05, 0) is 54.4 Å². The van der Waals surface area contributed by atoms with Crippen LogP contribution >= 0.6 is 27.5 Å². The zero-order valence-electron chi connectivity index (χ0n) is 17.4. The number of carbonyl (C=O) groups is 2. The van der Waals surface area contributed by atoms with Gasteiger partial charge in [-0.15, -0.1) is 0 Å². The summed E-state index contributed by atoms with van der Waals surface area (Å²) < 4.78 is 6.63. The van der Waals surface area contributed by atoms with E-state index in [2.05, 4.69) is 15.9 Å². The van der Waals surface area contributed by atoms with Crippen molar-refractivity contribution in [2.24, 2.45) is 0 Å². The lowest BCUT2D eigenvalue weighted by Gasteiger charge is -2.28. The Morgan fingerprint density at radius 1 is 1.06 bits per heavy atom. The van der Waals surface area contributed by atoms with Crippen molar-refractivity contribution in [3.8, 4) is 0 Å². The molecule has 1 aliphatic rings. The van der Waals surface area contributed by atoms with Crippen LogP contribution in [0.4, 0.5) is 5.69 Å². The van der Waals surface area contributed by atoms with E-state index in [1.54, 1.807) is 30.3 Å². The molecule has 164 valence electrons. The van der Waals surface area contributed by atoms with Gasteiger partial charge >= 0.3 is 0 Å². The summed E-state index contributed by atoms with van der Waals surface area (Å²) in [6, 6.07) is 20.4. The lowest BCUT2D eigenvalue weighted by molar-refractivity contribution is -0.117. The number of aryl methyl sites for hydroxylation is 1. The molecular formula is C26H17BrClNO4. The Labute approximate surface area is 203 Å². The molecule has 2 heterocycles. The van der Waals surface area contributed by atoms with Crippen LogP contribution in [0.2, 0.25) is 5.02 Å². The van der Waals surface area contributed by atoms with Gasteiger partial charge in [-0.2, -0.15) is 0 Å². The van der Waals surface area contributed by atoms with Crippen LogP contribution in [-0.4, -0.2) is 16.8 Å². The number of halogens is 2. The predicted molar refractivity (Wildman–Crippen MR) is 131 cm³/mol. The number of aliphatic hydroxyl groups is 1. The molecule has 0 bridgehead atoms. The Kier molecular flexibility index (Phi) is 5.35. The maximum absolute atomic E-state index is 13.6. The van der Waals surface area contributed by atoms with E-state index >= 15 is 0 Å². The van der Waals surface area contributed by atoms with Crippen LogP contribution in [0.25, 0.3) is 11.0 Å². The summed E-state index contributed by atoms with van der Waals surface area (Å²) in [6.45, 7) is 1.84. The second-order valence-corrected chi connectivity index (χ2v) is 9.16. The van der Waals surface area contributed by atoms with E-state index in [4.69, 9.17) is 16.0 Å². The minimum atomic E-state index is -0.844. The van der Waals surface area contributed by atoms with E-state index in [1.807, 2.05) is 49.4 Å². The molecule has 5 nitrogen and oxygen atoms in total. The van der Waals surface area contributed by atoms with Crippen molar-refractivity contribution in [3.05, 3.63) is 111 Å². The third-order valence-corrected chi connectivity index (χ3v) is 6.43. The van der Waals surface area contributed by atoms with Gasteiger partial charge in [0.1, 0.15) is 5.58 Å². The third kappa shape index (κ3) is 3.65. The fourth-order valence-electron chi connectivity index (χ4n) is 4.14. The van der Waals surface area contributed by atoms with E-state index in [-0.39, 0.29) is 11.3 Å². The molecule has 1 unspecified atom stereocenters. The molecule has 0 fully saturated rings. The van der Waals surface area contributed by atoms with Crippen LogP contribution < -0.4 is 4.90 Å². The first kappa shape index (κ1) is 21.5. The first-order valence-corrected chi connectivity index (χ1v) is 11.3. The van der Waals surface area contributed by atoms with Gasteiger partial charge < -0.3 is 9.52 Å². The van der Waals surface area contributed by atoms with Crippen molar-refractivity contribution in [1.82, 2.24) is 0 Å². The minimum Gasteiger partial charge on any atom is -0.503 e. The lowest BCUT2D eigenvalue weighted by atomic mass is 9.94. The summed E-state index contributed by atoms with van der Waals surface area (Å²) in [7, 11) is 0. The maximum atomic E-state index is 13.6. The molecule has 0 aliphatic carbocycles. The van der Waals surface area contributed by atoms with E-state index in [0.717, 1.165) is 15.4 Å². The summed E-state index contributed by atoms with van der Waals surface area (Å²) in [5.41, 5.74) is 2.47. The normalized spacial score (nSPS) is 16.2. The number of hydrogen-bond donors (Lipinski definition) is 1. The third-order valence-electron chi connectivity index (χ3n) is 5.70. The van der Waals surface area contributed by atoms with Gasteiger partial charge in [0.25, 0.3) is 5.91 Å². The minimum absolute atomic E-state index is 0.0382. The van der Waals surface area contributed by atoms with Gasteiger partial charge in [0.2, 0.25) is 5.78 Å². The van der Waals surface area contributed by atoms with Gasteiger partial charge in [-0.25, -0.2) is 0 Å². The molecule has 0 saturated carbocycles. The summed E-state index contributed by atoms with van der Waals surface area (Å²) >= 11 is 9.64. The molecule has 1 aliphatic heterocycles. The van der Waals surface area contributed by atoms with Gasteiger partial charge in [-0.1, -0.05) is 63.9 Å². The predicted octanol–water partition coefficient (Wildman–Crippen LogP) is 6.94. The first-order valence-electron chi connectivity index (χ1n) is 10.2. The summed E-state index contributed by atoms with van der Waals surface area (Å²) in [5, 5.41) is 12.1. The number of rotatable bonds is 4. The Balaban J connectivity index is 1.68. The Morgan fingerprint density at radius 2 is 1.82 bits per heavy atom. The average molecular weight is 523 g/mol. The van der Waals surface area contributed by atoms with Gasteiger partial charge in [0, 0.05) is 20.6 Å². The number of furan rings is 1. The number of ketones is 1. The fourth-order valence-corrected chi connectivity index (χ4v) is 4.68. The molecule has 1 aromatic heterocycles. The van der Waals surface area contributed by atoms with E-state index < -0.39 is 23.5 Å². The van der Waals surface area contributed by atoms with Gasteiger partial charge in [0.05, 0.1) is 11.6 Å². The number of Topliss-reactive ketones (excluding diaryl/α,β-unsaturated/α-hetero) is 1. The van der Waals surface area contributed by atoms with Crippen LogP contribution in [0.5, 0.6) is 0 Å². The highest BCUT2D eigenvalue weighted by Gasteiger charge is 2.45. The Hall–Kier alpha value is -3.35. The molecule has 5 rings (SSSR count). The van der Waals surface area contributed by atoms with Crippen LogP contribution in [-0.2, 0) is 4.79 Å². The molecule has 1 amide bonds. The number of benzene rings is 3. The Bertz CT molecular complexity index is 1460. The number of anilines is 1. The molecule has 0 radical (unpaired) electrons. The molecule has 7 heteroatoms. The molecule has 0 spiro atoms. The number of hydrogen-bond acceptors (Lipinski definition) is 4. The van der Waals surface area contributed by atoms with Crippen LogP contribution in [0.3, 0.4) is 0 Å².